The largest absolute Gasteiger partial charge is 0.489 e. The lowest BCUT2D eigenvalue weighted by molar-refractivity contribution is -0.141. The zero-order valence-corrected chi connectivity index (χ0v) is 21.9. The van der Waals surface area contributed by atoms with Gasteiger partial charge in [-0.05, 0) is 60.1 Å². The molecule has 0 spiro atoms. The fourth-order valence-corrected chi connectivity index (χ4v) is 4.50. The Labute approximate surface area is 220 Å². The minimum atomic E-state index is -4.59. The Kier molecular flexibility index (Phi) is 7.88. The molecule has 3 aromatic rings. The lowest BCUT2D eigenvalue weighted by atomic mass is 9.87. The lowest BCUT2D eigenvalue weighted by Crippen LogP contribution is -2.25. The minimum Gasteiger partial charge on any atom is -0.489 e. The van der Waals surface area contributed by atoms with E-state index in [4.69, 9.17) is 16.3 Å². The summed E-state index contributed by atoms with van der Waals surface area (Å²) in [6.07, 6.45) is -2.55. The lowest BCUT2D eigenvalue weighted by Gasteiger charge is -2.19. The number of carbonyl (C=O) groups excluding carboxylic acids is 1. The quantitative estimate of drug-likeness (QED) is 0.298. The van der Waals surface area contributed by atoms with Gasteiger partial charge in [-0.3, -0.25) is 9.48 Å². The summed E-state index contributed by atoms with van der Waals surface area (Å²) in [5, 5.41) is 6.25. The molecule has 1 amide bonds. The number of aryl methyl sites for hydroxylation is 1. The molecule has 9 heteroatoms. The van der Waals surface area contributed by atoms with E-state index >= 15 is 0 Å². The highest BCUT2D eigenvalue weighted by Crippen LogP contribution is 2.46. The number of halogens is 4. The van der Waals surface area contributed by atoms with E-state index in [1.54, 1.807) is 18.2 Å². The topological polar surface area (TPSA) is 56.1 Å². The van der Waals surface area contributed by atoms with Crippen molar-refractivity contribution in [2.75, 3.05) is 6.54 Å². The fraction of sp³-hybridized carbons (Fsp3) is 0.429. The Morgan fingerprint density at radius 1 is 1.14 bits per heavy atom. The van der Waals surface area contributed by atoms with E-state index in [0.717, 1.165) is 24.2 Å². The van der Waals surface area contributed by atoms with Gasteiger partial charge < -0.3 is 10.1 Å². The maximum absolute atomic E-state index is 13.2. The molecular formula is C28H31ClF3N3O2. The van der Waals surface area contributed by atoms with Gasteiger partial charge in [0.15, 0.2) is 5.69 Å². The van der Waals surface area contributed by atoms with E-state index in [1.807, 2.05) is 30.3 Å². The van der Waals surface area contributed by atoms with Gasteiger partial charge in [0.05, 0.1) is 10.7 Å². The number of aromatic nitrogens is 2. The van der Waals surface area contributed by atoms with Gasteiger partial charge in [-0.25, -0.2) is 0 Å². The molecule has 0 atom stereocenters. The van der Waals surface area contributed by atoms with Gasteiger partial charge in [-0.2, -0.15) is 18.3 Å². The highest BCUT2D eigenvalue weighted by molar-refractivity contribution is 6.32. The van der Waals surface area contributed by atoms with Crippen molar-refractivity contribution in [1.82, 2.24) is 15.1 Å². The predicted molar refractivity (Wildman–Crippen MR) is 137 cm³/mol. The highest BCUT2D eigenvalue weighted by Gasteiger charge is 2.41. The number of ether oxygens (including phenoxy) is 1. The van der Waals surface area contributed by atoms with Gasteiger partial charge in [-0.1, -0.05) is 56.6 Å². The van der Waals surface area contributed by atoms with Crippen LogP contribution in [0.2, 0.25) is 5.02 Å². The summed E-state index contributed by atoms with van der Waals surface area (Å²) < 4.78 is 46.9. The first-order chi connectivity index (χ1) is 17.4. The van der Waals surface area contributed by atoms with E-state index in [2.05, 4.69) is 31.2 Å². The van der Waals surface area contributed by atoms with E-state index in [0.29, 0.717) is 30.8 Å². The first kappa shape index (κ1) is 27.0. The summed E-state index contributed by atoms with van der Waals surface area (Å²) >= 11 is 6.01. The third-order valence-electron chi connectivity index (χ3n) is 6.31. The summed E-state index contributed by atoms with van der Waals surface area (Å²) in [6, 6.07) is 15.1. The molecule has 0 bridgehead atoms. The van der Waals surface area contributed by atoms with Crippen LogP contribution in [0, 0.1) is 0 Å². The number of amides is 1. The van der Waals surface area contributed by atoms with Gasteiger partial charge in [0, 0.05) is 24.6 Å². The Bertz CT molecular complexity index is 1240. The van der Waals surface area contributed by atoms with Crippen molar-refractivity contribution < 1.29 is 22.7 Å². The molecule has 37 heavy (non-hydrogen) atoms. The van der Waals surface area contributed by atoms with Crippen LogP contribution in [0.25, 0.3) is 0 Å². The van der Waals surface area contributed by atoms with Gasteiger partial charge in [0.1, 0.15) is 12.4 Å². The normalized spacial score (nSPS) is 14.0. The van der Waals surface area contributed by atoms with Crippen molar-refractivity contribution in [2.24, 2.45) is 0 Å². The number of nitrogens with zero attached hydrogens (tertiary/aromatic N) is 2. The second-order valence-corrected chi connectivity index (χ2v) is 10.8. The summed E-state index contributed by atoms with van der Waals surface area (Å²) in [5.41, 5.74) is 2.04. The molecule has 0 saturated heterocycles. The SMILES string of the molecule is CC(C)(C)c1ccc(OCc2cccc(C(=O)NCCCn3nc(C(F)(F)F)c(Cl)c3C3CC3)c2)cc1. The molecule has 1 aliphatic rings. The van der Waals surface area contributed by atoms with Crippen LogP contribution in [0.4, 0.5) is 13.2 Å². The maximum Gasteiger partial charge on any atom is 0.436 e. The monoisotopic (exact) mass is 533 g/mol. The Hall–Kier alpha value is -3.00. The van der Waals surface area contributed by atoms with Crippen molar-refractivity contribution >= 4 is 17.5 Å². The zero-order valence-electron chi connectivity index (χ0n) is 21.2. The highest BCUT2D eigenvalue weighted by atomic mass is 35.5. The van der Waals surface area contributed by atoms with Gasteiger partial charge >= 0.3 is 6.18 Å². The first-order valence-electron chi connectivity index (χ1n) is 12.4. The van der Waals surface area contributed by atoms with Crippen LogP contribution in [0.1, 0.15) is 78.8 Å². The molecule has 0 radical (unpaired) electrons. The van der Waals surface area contributed by atoms with Crippen molar-refractivity contribution in [2.45, 2.75) is 70.7 Å². The fourth-order valence-electron chi connectivity index (χ4n) is 4.10. The molecule has 4 rings (SSSR count). The number of carbonyl (C=O) groups is 1. The van der Waals surface area contributed by atoms with Crippen molar-refractivity contribution in [3.05, 3.63) is 81.6 Å². The van der Waals surface area contributed by atoms with Crippen LogP contribution in [-0.4, -0.2) is 22.2 Å². The van der Waals surface area contributed by atoms with Crippen LogP contribution >= 0.6 is 11.6 Å². The molecular weight excluding hydrogens is 503 g/mol. The van der Waals surface area contributed by atoms with Crippen LogP contribution in [0.3, 0.4) is 0 Å². The van der Waals surface area contributed by atoms with Crippen molar-refractivity contribution in [3.63, 3.8) is 0 Å². The van der Waals surface area contributed by atoms with Gasteiger partial charge in [-0.15, -0.1) is 0 Å². The average molecular weight is 534 g/mol. The van der Waals surface area contributed by atoms with E-state index in [9.17, 15) is 18.0 Å². The number of benzene rings is 2. The van der Waals surface area contributed by atoms with E-state index < -0.39 is 11.9 Å². The molecule has 0 unspecified atom stereocenters. The number of hydrogen-bond acceptors (Lipinski definition) is 3. The van der Waals surface area contributed by atoms with Crippen LogP contribution < -0.4 is 10.1 Å². The molecule has 1 saturated carbocycles. The van der Waals surface area contributed by atoms with Crippen molar-refractivity contribution in [3.8, 4) is 5.75 Å². The van der Waals surface area contributed by atoms with Crippen LogP contribution in [-0.2, 0) is 24.7 Å². The molecule has 1 aliphatic carbocycles. The third kappa shape index (κ3) is 6.86. The zero-order chi connectivity index (χ0) is 26.8. The molecule has 2 aromatic carbocycles. The minimum absolute atomic E-state index is 0.0204. The first-order valence-corrected chi connectivity index (χ1v) is 12.7. The third-order valence-corrected chi connectivity index (χ3v) is 6.68. The number of hydrogen-bond donors (Lipinski definition) is 1. The predicted octanol–water partition coefficient (Wildman–Crippen LogP) is 7.13. The molecule has 5 nitrogen and oxygen atoms in total. The molecule has 1 aromatic heterocycles. The number of rotatable bonds is 9. The van der Waals surface area contributed by atoms with Crippen molar-refractivity contribution in [1.29, 1.82) is 0 Å². The average Bonchev–Trinajstić information content (AvgIpc) is 3.62. The summed E-state index contributed by atoms with van der Waals surface area (Å²) in [5.74, 6) is 0.515. The summed E-state index contributed by atoms with van der Waals surface area (Å²) in [6.45, 7) is 7.32. The summed E-state index contributed by atoms with van der Waals surface area (Å²) in [4.78, 5) is 12.6. The second kappa shape index (κ2) is 10.8. The molecule has 1 heterocycles. The maximum atomic E-state index is 13.2. The Morgan fingerprint density at radius 3 is 2.46 bits per heavy atom. The van der Waals surface area contributed by atoms with Crippen LogP contribution in [0.5, 0.6) is 5.75 Å². The Balaban J connectivity index is 1.29. The van der Waals surface area contributed by atoms with E-state index in [1.165, 1.54) is 10.2 Å². The number of nitrogens with one attached hydrogen (secondary N) is 1. The molecule has 0 aliphatic heterocycles. The number of alkyl halides is 3. The molecule has 198 valence electrons. The smallest absolute Gasteiger partial charge is 0.436 e. The summed E-state index contributed by atoms with van der Waals surface area (Å²) in [7, 11) is 0. The second-order valence-electron chi connectivity index (χ2n) is 10.4. The molecule has 1 fully saturated rings. The standard InChI is InChI=1S/C28H31ClF3N3O2/c1-27(2,3)21-10-12-22(13-11-21)37-17-18-6-4-7-20(16-18)26(36)33-14-5-15-35-24(19-8-9-19)23(29)25(34-35)28(30,31)32/h4,6-7,10-13,16,19H,5,8-9,14-15,17H2,1-3H3,(H,33,36). The van der Waals surface area contributed by atoms with E-state index in [-0.39, 0.29) is 28.8 Å². The van der Waals surface area contributed by atoms with Gasteiger partial charge in [0.25, 0.3) is 5.91 Å². The molecule has 1 N–H and O–H groups in total. The Morgan fingerprint density at radius 2 is 1.84 bits per heavy atom. The van der Waals surface area contributed by atoms with Crippen LogP contribution in [0.15, 0.2) is 48.5 Å². The van der Waals surface area contributed by atoms with Gasteiger partial charge in [0.2, 0.25) is 0 Å².